The zero-order valence-electron chi connectivity index (χ0n) is 13.4. The third-order valence-corrected chi connectivity index (χ3v) is 5.01. The molecule has 3 fully saturated rings. The van der Waals surface area contributed by atoms with Crippen LogP contribution in [-0.2, 0) is 9.59 Å². The number of hydrogen-bond donors (Lipinski definition) is 1. The topological polar surface area (TPSA) is 69.7 Å². The summed E-state index contributed by atoms with van der Waals surface area (Å²) in [6, 6.07) is -0.421. The Morgan fingerprint density at radius 2 is 2.00 bits per heavy atom. The molecule has 2 saturated carbocycles. The summed E-state index contributed by atoms with van der Waals surface area (Å²) in [5, 5.41) is 2.79. The van der Waals surface area contributed by atoms with E-state index in [0.29, 0.717) is 12.5 Å². The van der Waals surface area contributed by atoms with Crippen molar-refractivity contribution in [3.8, 4) is 0 Å². The molecule has 1 aliphatic heterocycles. The minimum absolute atomic E-state index is 0.114. The molecule has 122 valence electrons. The molecule has 0 aromatic heterocycles. The summed E-state index contributed by atoms with van der Waals surface area (Å²) in [6.07, 6.45) is 5.17. The van der Waals surface area contributed by atoms with Crippen molar-refractivity contribution in [1.82, 2.24) is 15.1 Å². The molecule has 1 N–H and O–H groups in total. The highest BCUT2D eigenvalue weighted by Gasteiger charge is 2.56. The average Bonchev–Trinajstić information content (AvgIpc) is 3.35. The van der Waals surface area contributed by atoms with Crippen molar-refractivity contribution in [1.29, 1.82) is 0 Å². The molecule has 6 heteroatoms. The van der Waals surface area contributed by atoms with Gasteiger partial charge in [-0.3, -0.25) is 14.5 Å². The normalized spacial score (nSPS) is 28.0. The van der Waals surface area contributed by atoms with Gasteiger partial charge in [0, 0.05) is 13.1 Å². The summed E-state index contributed by atoms with van der Waals surface area (Å²) in [5.74, 6) is 0.478. The molecule has 0 bridgehead atoms. The lowest BCUT2D eigenvalue weighted by Gasteiger charge is -2.25. The molecular formula is C16H25N3O3. The summed E-state index contributed by atoms with van der Waals surface area (Å²) in [7, 11) is 0. The molecule has 0 aromatic rings. The highest BCUT2D eigenvalue weighted by atomic mass is 16.2. The first-order chi connectivity index (χ1) is 10.5. The number of amides is 4. The first-order valence-corrected chi connectivity index (χ1v) is 8.37. The van der Waals surface area contributed by atoms with Crippen LogP contribution in [0.3, 0.4) is 0 Å². The molecule has 3 rings (SSSR count). The second-order valence-electron chi connectivity index (χ2n) is 7.08. The van der Waals surface area contributed by atoms with E-state index < -0.39 is 11.6 Å². The molecular weight excluding hydrogens is 282 g/mol. The van der Waals surface area contributed by atoms with Crippen LogP contribution in [0.4, 0.5) is 4.79 Å². The number of rotatable bonds is 7. The van der Waals surface area contributed by atoms with Crippen LogP contribution in [0.2, 0.25) is 0 Å². The molecule has 3 aliphatic rings. The molecule has 1 atom stereocenters. The van der Waals surface area contributed by atoms with Crippen LogP contribution in [-0.4, -0.2) is 52.8 Å². The molecule has 4 amide bonds. The Hall–Kier alpha value is -1.59. The minimum Gasteiger partial charge on any atom is -0.341 e. The van der Waals surface area contributed by atoms with Crippen molar-refractivity contribution < 1.29 is 14.4 Å². The van der Waals surface area contributed by atoms with Gasteiger partial charge in [-0.15, -0.1) is 0 Å². The molecule has 0 radical (unpaired) electrons. The lowest BCUT2D eigenvalue weighted by atomic mass is 9.96. The van der Waals surface area contributed by atoms with Crippen molar-refractivity contribution in [2.45, 2.75) is 51.5 Å². The maximum absolute atomic E-state index is 12.5. The van der Waals surface area contributed by atoms with Crippen LogP contribution >= 0.6 is 0 Å². The molecule has 6 nitrogen and oxygen atoms in total. The van der Waals surface area contributed by atoms with Gasteiger partial charge in [0.05, 0.1) is 0 Å². The minimum atomic E-state index is -0.802. The monoisotopic (exact) mass is 307 g/mol. The smallest absolute Gasteiger partial charge is 0.325 e. The number of carbonyl (C=O) groups is 3. The fourth-order valence-electron chi connectivity index (χ4n) is 3.23. The van der Waals surface area contributed by atoms with Crippen molar-refractivity contribution in [2.24, 2.45) is 11.8 Å². The molecule has 0 unspecified atom stereocenters. The van der Waals surface area contributed by atoms with Crippen LogP contribution in [0.25, 0.3) is 0 Å². The van der Waals surface area contributed by atoms with Gasteiger partial charge in [-0.25, -0.2) is 4.79 Å². The van der Waals surface area contributed by atoms with E-state index in [1.807, 2.05) is 11.8 Å². The van der Waals surface area contributed by atoms with Gasteiger partial charge < -0.3 is 10.2 Å². The number of nitrogens with zero attached hydrogens (tertiary/aromatic N) is 2. The van der Waals surface area contributed by atoms with E-state index in [-0.39, 0.29) is 24.3 Å². The Balaban J connectivity index is 1.64. The van der Waals surface area contributed by atoms with E-state index in [4.69, 9.17) is 0 Å². The first kappa shape index (κ1) is 15.3. The maximum atomic E-state index is 12.5. The fraction of sp³-hybridized carbons (Fsp3) is 0.812. The Morgan fingerprint density at radius 3 is 2.55 bits per heavy atom. The number of carbonyl (C=O) groups excluding carboxylic acids is 3. The second kappa shape index (κ2) is 5.56. The van der Waals surface area contributed by atoms with Gasteiger partial charge in [0.2, 0.25) is 5.91 Å². The van der Waals surface area contributed by atoms with E-state index in [0.717, 1.165) is 30.7 Å². The lowest BCUT2D eigenvalue weighted by Crippen LogP contribution is -2.47. The van der Waals surface area contributed by atoms with Crippen molar-refractivity contribution in [3.05, 3.63) is 0 Å². The standard InChI is InChI=1S/C16H25N3O3/c1-3-8-18(9-11-4-5-11)13(20)10-19-14(21)16(2,12-6-7-12)17-15(19)22/h11-12H,3-10H2,1-2H3,(H,17,22)/t16-/m1/s1. The third kappa shape index (κ3) is 2.83. The van der Waals surface area contributed by atoms with Gasteiger partial charge in [-0.2, -0.15) is 0 Å². The average molecular weight is 307 g/mol. The van der Waals surface area contributed by atoms with Crippen LogP contribution in [0.1, 0.15) is 46.0 Å². The largest absolute Gasteiger partial charge is 0.341 e. The van der Waals surface area contributed by atoms with E-state index in [1.54, 1.807) is 6.92 Å². The molecule has 2 aliphatic carbocycles. The highest BCUT2D eigenvalue weighted by molar-refractivity contribution is 6.09. The van der Waals surface area contributed by atoms with Gasteiger partial charge in [0.1, 0.15) is 12.1 Å². The quantitative estimate of drug-likeness (QED) is 0.722. The van der Waals surface area contributed by atoms with Gasteiger partial charge >= 0.3 is 6.03 Å². The van der Waals surface area contributed by atoms with Crippen LogP contribution in [0.5, 0.6) is 0 Å². The predicted octanol–water partition coefficient (Wildman–Crippen LogP) is 1.36. The summed E-state index contributed by atoms with van der Waals surface area (Å²) in [4.78, 5) is 40.1. The predicted molar refractivity (Wildman–Crippen MR) is 81.0 cm³/mol. The first-order valence-electron chi connectivity index (χ1n) is 8.37. The van der Waals surface area contributed by atoms with Gasteiger partial charge in [-0.05, 0) is 50.9 Å². The van der Waals surface area contributed by atoms with Crippen molar-refractivity contribution in [3.63, 3.8) is 0 Å². The Morgan fingerprint density at radius 1 is 1.32 bits per heavy atom. The van der Waals surface area contributed by atoms with Crippen molar-refractivity contribution in [2.75, 3.05) is 19.6 Å². The van der Waals surface area contributed by atoms with Crippen LogP contribution in [0.15, 0.2) is 0 Å². The summed E-state index contributed by atoms with van der Waals surface area (Å²) in [6.45, 7) is 5.14. The number of urea groups is 1. The maximum Gasteiger partial charge on any atom is 0.325 e. The van der Waals surface area contributed by atoms with Gasteiger partial charge in [-0.1, -0.05) is 6.92 Å². The van der Waals surface area contributed by atoms with E-state index in [9.17, 15) is 14.4 Å². The Kier molecular flexibility index (Phi) is 3.87. The molecule has 1 saturated heterocycles. The summed E-state index contributed by atoms with van der Waals surface area (Å²) in [5.41, 5.74) is -0.802. The molecule has 1 heterocycles. The van der Waals surface area contributed by atoms with E-state index >= 15 is 0 Å². The lowest BCUT2D eigenvalue weighted by molar-refractivity contribution is -0.139. The molecule has 0 spiro atoms. The van der Waals surface area contributed by atoms with Crippen LogP contribution in [0, 0.1) is 11.8 Å². The van der Waals surface area contributed by atoms with Crippen LogP contribution < -0.4 is 5.32 Å². The second-order valence-corrected chi connectivity index (χ2v) is 7.08. The van der Waals surface area contributed by atoms with E-state index in [2.05, 4.69) is 5.32 Å². The zero-order valence-corrected chi connectivity index (χ0v) is 13.4. The molecule has 0 aromatic carbocycles. The number of nitrogens with one attached hydrogen (secondary N) is 1. The zero-order chi connectivity index (χ0) is 15.9. The highest BCUT2D eigenvalue weighted by Crippen LogP contribution is 2.42. The number of hydrogen-bond acceptors (Lipinski definition) is 3. The van der Waals surface area contributed by atoms with Gasteiger partial charge in [0.15, 0.2) is 0 Å². The van der Waals surface area contributed by atoms with Crippen molar-refractivity contribution >= 4 is 17.8 Å². The van der Waals surface area contributed by atoms with Gasteiger partial charge in [0.25, 0.3) is 5.91 Å². The third-order valence-electron chi connectivity index (χ3n) is 5.01. The Labute approximate surface area is 131 Å². The van der Waals surface area contributed by atoms with E-state index in [1.165, 1.54) is 12.8 Å². The number of imide groups is 1. The summed E-state index contributed by atoms with van der Waals surface area (Å²) >= 11 is 0. The molecule has 22 heavy (non-hydrogen) atoms. The fourth-order valence-corrected chi connectivity index (χ4v) is 3.23. The SMILES string of the molecule is CCCN(CC1CC1)C(=O)CN1C(=O)N[C@](C)(C2CC2)C1=O. The summed E-state index contributed by atoms with van der Waals surface area (Å²) < 4.78 is 0. The Bertz CT molecular complexity index is 499.